The van der Waals surface area contributed by atoms with Crippen LogP contribution >= 0.6 is 0 Å². The summed E-state index contributed by atoms with van der Waals surface area (Å²) in [6.07, 6.45) is 10.9. The van der Waals surface area contributed by atoms with Crippen LogP contribution in [0.5, 0.6) is 0 Å². The predicted molar refractivity (Wildman–Crippen MR) is 86.4 cm³/mol. The van der Waals surface area contributed by atoms with Crippen LogP contribution in [0.25, 0.3) is 0 Å². The Hall–Kier alpha value is -0.120. The van der Waals surface area contributed by atoms with Crippen LogP contribution in [0, 0.1) is 11.8 Å². The Balaban J connectivity index is 2.17. The molecule has 0 aromatic carbocycles. The zero-order chi connectivity index (χ0) is 14.6. The molecule has 0 heterocycles. The summed E-state index contributed by atoms with van der Waals surface area (Å²) in [6.45, 7) is 9.31. The molecule has 2 saturated carbocycles. The van der Waals surface area contributed by atoms with Crippen molar-refractivity contribution in [2.75, 3.05) is 13.1 Å². The molecule has 2 fully saturated rings. The van der Waals surface area contributed by atoms with Gasteiger partial charge >= 0.3 is 0 Å². The minimum absolute atomic E-state index is 0.323. The molecule has 118 valence electrons. The monoisotopic (exact) mass is 281 g/mol. The van der Waals surface area contributed by atoms with Crippen LogP contribution in [0.1, 0.15) is 72.1 Å². The van der Waals surface area contributed by atoms with Gasteiger partial charge < -0.3 is 0 Å². The van der Waals surface area contributed by atoms with Crippen molar-refractivity contribution in [3.05, 3.63) is 0 Å². The van der Waals surface area contributed by atoms with Crippen LogP contribution in [-0.2, 0) is 0 Å². The van der Waals surface area contributed by atoms with Gasteiger partial charge in [0, 0.05) is 11.6 Å². The van der Waals surface area contributed by atoms with Crippen LogP contribution in [0.15, 0.2) is 0 Å². The van der Waals surface area contributed by atoms with Crippen molar-refractivity contribution in [3.8, 4) is 0 Å². The average Bonchev–Trinajstić information content (AvgIpc) is 2.93. The fraction of sp³-hybridized carbons (Fsp3) is 1.00. The maximum absolute atomic E-state index is 6.07. The molecule has 2 rings (SSSR count). The molecule has 0 bridgehead atoms. The number of nitrogens with one attached hydrogen (secondary N) is 1. The lowest BCUT2D eigenvalue weighted by molar-refractivity contribution is 0.0270. The molecule has 0 radical (unpaired) electrons. The molecule has 1 atom stereocenters. The molecule has 1 unspecified atom stereocenters. The molecule has 0 aromatic rings. The van der Waals surface area contributed by atoms with E-state index in [1.54, 1.807) is 0 Å². The molecule has 20 heavy (non-hydrogen) atoms. The Bertz CT molecular complexity index is 274. The second-order valence-corrected chi connectivity index (χ2v) is 7.15. The highest BCUT2D eigenvalue weighted by atomic mass is 15.3. The van der Waals surface area contributed by atoms with Gasteiger partial charge in [0.2, 0.25) is 0 Å². The van der Waals surface area contributed by atoms with Crippen LogP contribution in [0.4, 0.5) is 0 Å². The molecule has 0 aromatic heterocycles. The van der Waals surface area contributed by atoms with Gasteiger partial charge in [-0.1, -0.05) is 46.5 Å². The Labute approximate surface area is 125 Å². The van der Waals surface area contributed by atoms with Crippen molar-refractivity contribution in [3.63, 3.8) is 0 Å². The minimum atomic E-state index is 0.323. The van der Waals surface area contributed by atoms with Crippen LogP contribution in [-0.4, -0.2) is 29.6 Å². The average molecular weight is 281 g/mol. The fourth-order valence-electron chi connectivity index (χ4n) is 5.01. The minimum Gasteiger partial charge on any atom is -0.297 e. The summed E-state index contributed by atoms with van der Waals surface area (Å²) in [5, 5.41) is 0. The van der Waals surface area contributed by atoms with Crippen molar-refractivity contribution >= 4 is 0 Å². The zero-order valence-electron chi connectivity index (χ0n) is 13.8. The SMILES string of the molecule is CCN(CC)C1(C(NN)C2CCC(C)CC2)CCCC1. The second kappa shape index (κ2) is 7.24. The van der Waals surface area contributed by atoms with E-state index in [-0.39, 0.29) is 0 Å². The summed E-state index contributed by atoms with van der Waals surface area (Å²) < 4.78 is 0. The van der Waals surface area contributed by atoms with Crippen LogP contribution in [0.2, 0.25) is 0 Å². The van der Waals surface area contributed by atoms with E-state index in [4.69, 9.17) is 5.84 Å². The molecule has 0 saturated heterocycles. The summed E-state index contributed by atoms with van der Waals surface area (Å²) in [6, 6.07) is 0.484. The van der Waals surface area contributed by atoms with Crippen LogP contribution < -0.4 is 11.3 Å². The molecular weight excluding hydrogens is 246 g/mol. The number of hydrogen-bond acceptors (Lipinski definition) is 3. The number of nitrogens with two attached hydrogens (primary N) is 1. The number of rotatable bonds is 6. The van der Waals surface area contributed by atoms with Crippen molar-refractivity contribution < 1.29 is 0 Å². The number of nitrogens with zero attached hydrogens (tertiary/aromatic N) is 1. The van der Waals surface area contributed by atoms with Gasteiger partial charge in [-0.25, -0.2) is 0 Å². The third-order valence-electron chi connectivity index (χ3n) is 6.15. The van der Waals surface area contributed by atoms with Crippen molar-refractivity contribution in [2.24, 2.45) is 17.7 Å². The topological polar surface area (TPSA) is 41.3 Å². The third kappa shape index (κ3) is 3.05. The van der Waals surface area contributed by atoms with Gasteiger partial charge in [-0.05, 0) is 50.6 Å². The molecule has 0 aliphatic heterocycles. The molecule has 3 nitrogen and oxygen atoms in total. The van der Waals surface area contributed by atoms with Gasteiger partial charge in [0.15, 0.2) is 0 Å². The van der Waals surface area contributed by atoms with E-state index in [9.17, 15) is 0 Å². The van der Waals surface area contributed by atoms with Gasteiger partial charge in [-0.3, -0.25) is 16.2 Å². The summed E-state index contributed by atoms with van der Waals surface area (Å²) in [7, 11) is 0. The summed E-state index contributed by atoms with van der Waals surface area (Å²) in [5.41, 5.74) is 3.60. The molecular formula is C17H35N3. The highest BCUT2D eigenvalue weighted by Crippen LogP contribution is 2.43. The van der Waals surface area contributed by atoms with Crippen molar-refractivity contribution in [1.29, 1.82) is 0 Å². The van der Waals surface area contributed by atoms with E-state index in [2.05, 4.69) is 31.1 Å². The van der Waals surface area contributed by atoms with Gasteiger partial charge in [0.05, 0.1) is 0 Å². The number of hydrogen-bond donors (Lipinski definition) is 2. The molecule has 2 aliphatic rings. The highest BCUT2D eigenvalue weighted by Gasteiger charge is 2.47. The second-order valence-electron chi connectivity index (χ2n) is 7.15. The Morgan fingerprint density at radius 1 is 1.10 bits per heavy atom. The standard InChI is InChI=1S/C17H35N3/c1-4-20(5-2)17(12-6-7-13-17)16(19-18)15-10-8-14(3)9-11-15/h14-16,19H,4-13,18H2,1-3H3. The van der Waals surface area contributed by atoms with E-state index in [1.807, 2.05) is 0 Å². The summed E-state index contributed by atoms with van der Waals surface area (Å²) >= 11 is 0. The Morgan fingerprint density at radius 3 is 2.10 bits per heavy atom. The first-order valence-electron chi connectivity index (χ1n) is 8.89. The Morgan fingerprint density at radius 2 is 1.65 bits per heavy atom. The van der Waals surface area contributed by atoms with E-state index in [0.29, 0.717) is 11.6 Å². The van der Waals surface area contributed by atoms with Gasteiger partial charge in [0.1, 0.15) is 0 Å². The maximum Gasteiger partial charge on any atom is 0.0422 e. The summed E-state index contributed by atoms with van der Waals surface area (Å²) in [4.78, 5) is 2.70. The normalized spacial score (nSPS) is 31.6. The number of likely N-dealkylation sites (N-methyl/N-ethyl adjacent to an activating group) is 1. The van der Waals surface area contributed by atoms with Gasteiger partial charge in [0.25, 0.3) is 0 Å². The quantitative estimate of drug-likeness (QED) is 0.580. The van der Waals surface area contributed by atoms with E-state index in [1.165, 1.54) is 51.4 Å². The lowest BCUT2D eigenvalue weighted by Gasteiger charge is -2.50. The first-order valence-corrected chi connectivity index (χ1v) is 8.89. The van der Waals surface area contributed by atoms with E-state index >= 15 is 0 Å². The smallest absolute Gasteiger partial charge is 0.0422 e. The number of hydrazine groups is 1. The first-order chi connectivity index (χ1) is 9.67. The zero-order valence-corrected chi connectivity index (χ0v) is 13.8. The van der Waals surface area contributed by atoms with Gasteiger partial charge in [-0.15, -0.1) is 0 Å². The maximum atomic E-state index is 6.07. The third-order valence-corrected chi connectivity index (χ3v) is 6.15. The van der Waals surface area contributed by atoms with E-state index in [0.717, 1.165) is 24.9 Å². The molecule has 2 aliphatic carbocycles. The Kier molecular flexibility index (Phi) is 5.88. The highest BCUT2D eigenvalue weighted by molar-refractivity contribution is 5.05. The lowest BCUT2D eigenvalue weighted by atomic mass is 9.71. The van der Waals surface area contributed by atoms with Crippen molar-refractivity contribution in [2.45, 2.75) is 83.7 Å². The van der Waals surface area contributed by atoms with Crippen LogP contribution in [0.3, 0.4) is 0 Å². The first kappa shape index (κ1) is 16.3. The lowest BCUT2D eigenvalue weighted by Crippen LogP contribution is -2.64. The predicted octanol–water partition coefficient (Wildman–Crippen LogP) is 3.30. The molecule has 0 amide bonds. The fourth-order valence-corrected chi connectivity index (χ4v) is 5.01. The molecule has 3 heteroatoms. The molecule has 0 spiro atoms. The largest absolute Gasteiger partial charge is 0.297 e. The van der Waals surface area contributed by atoms with Crippen molar-refractivity contribution in [1.82, 2.24) is 10.3 Å². The van der Waals surface area contributed by atoms with Gasteiger partial charge in [-0.2, -0.15) is 0 Å². The summed E-state index contributed by atoms with van der Waals surface area (Å²) in [5.74, 6) is 7.76. The molecule has 3 N–H and O–H groups in total. The van der Waals surface area contributed by atoms with E-state index < -0.39 is 0 Å².